The maximum Gasteiger partial charge on any atom is 0.387 e. The molecule has 0 saturated carbocycles. The number of para-hydroxylation sites is 1. The van der Waals surface area contributed by atoms with Crippen LogP contribution in [-0.2, 0) is 9.47 Å². The van der Waals surface area contributed by atoms with E-state index < -0.39 is 24.5 Å². The molecule has 2 bridgehead atoms. The van der Waals surface area contributed by atoms with Crippen molar-refractivity contribution in [1.29, 1.82) is 0 Å². The third-order valence-corrected chi connectivity index (χ3v) is 7.60. The van der Waals surface area contributed by atoms with Crippen LogP contribution in [0.25, 0.3) is 16.8 Å². The van der Waals surface area contributed by atoms with E-state index in [4.69, 9.17) is 14.2 Å². The lowest BCUT2D eigenvalue weighted by Gasteiger charge is -2.45. The van der Waals surface area contributed by atoms with E-state index in [9.17, 15) is 13.9 Å². The van der Waals surface area contributed by atoms with E-state index in [0.29, 0.717) is 60.5 Å². The van der Waals surface area contributed by atoms with Crippen LogP contribution in [0.5, 0.6) is 5.75 Å². The van der Waals surface area contributed by atoms with E-state index in [-0.39, 0.29) is 29.8 Å². The van der Waals surface area contributed by atoms with E-state index in [1.165, 1.54) is 12.1 Å². The summed E-state index contributed by atoms with van der Waals surface area (Å²) in [5.74, 6) is -0.451. The van der Waals surface area contributed by atoms with Gasteiger partial charge in [0.2, 0.25) is 5.95 Å². The highest BCUT2D eigenvalue weighted by molar-refractivity contribution is 5.66. The molecular weight excluding hydrogens is 515 g/mol. The van der Waals surface area contributed by atoms with Gasteiger partial charge in [0.15, 0.2) is 0 Å². The molecule has 5 heterocycles. The minimum Gasteiger partial charge on any atom is -0.435 e. The fourth-order valence-electron chi connectivity index (χ4n) is 5.91. The number of anilines is 1. The van der Waals surface area contributed by atoms with Crippen LogP contribution in [0.3, 0.4) is 0 Å². The van der Waals surface area contributed by atoms with Crippen molar-refractivity contribution < 1.29 is 32.5 Å². The summed E-state index contributed by atoms with van der Waals surface area (Å²) in [4.78, 5) is 15.6. The van der Waals surface area contributed by atoms with E-state index in [1.54, 1.807) is 41.2 Å². The summed E-state index contributed by atoms with van der Waals surface area (Å²) in [7, 11) is 0. The Morgan fingerprint density at radius 1 is 1.03 bits per heavy atom. The number of benzene rings is 1. The van der Waals surface area contributed by atoms with Gasteiger partial charge in [-0.3, -0.25) is 0 Å². The first-order chi connectivity index (χ1) is 19.0. The number of pyridine rings is 1. The van der Waals surface area contributed by atoms with Crippen LogP contribution in [0.1, 0.15) is 35.4 Å². The Kier molecular flexibility index (Phi) is 5.90. The van der Waals surface area contributed by atoms with Crippen molar-refractivity contribution in [2.24, 2.45) is 0 Å². The number of rotatable bonds is 5. The first kappa shape index (κ1) is 24.3. The minimum absolute atomic E-state index is 0.0188. The first-order valence-corrected chi connectivity index (χ1v) is 12.7. The Morgan fingerprint density at radius 2 is 1.72 bits per heavy atom. The third kappa shape index (κ3) is 4.10. The van der Waals surface area contributed by atoms with Crippen molar-refractivity contribution >= 4 is 11.6 Å². The fourth-order valence-corrected chi connectivity index (χ4v) is 5.91. The number of alkyl halides is 2. The van der Waals surface area contributed by atoms with Crippen LogP contribution in [0.15, 0.2) is 48.9 Å². The summed E-state index contributed by atoms with van der Waals surface area (Å²) in [6.07, 6.45) is 4.05. The van der Waals surface area contributed by atoms with Gasteiger partial charge in [-0.25, -0.2) is 19.3 Å². The predicted molar refractivity (Wildman–Crippen MR) is 132 cm³/mol. The maximum absolute atomic E-state index is 15.3. The topological polar surface area (TPSA) is 94.2 Å². The van der Waals surface area contributed by atoms with E-state index >= 15 is 4.39 Å². The number of hydrogen-bond acceptors (Lipinski definition) is 8. The fraction of sp³-hybridized carbons (Fsp3) is 0.370. The van der Waals surface area contributed by atoms with Crippen molar-refractivity contribution in [2.75, 3.05) is 31.3 Å². The number of aliphatic hydroxyl groups is 1. The minimum atomic E-state index is -2.99. The molecule has 3 aromatic heterocycles. The maximum atomic E-state index is 15.3. The molecule has 4 aromatic rings. The molecular formula is C27H24F3N5O4. The van der Waals surface area contributed by atoms with Crippen molar-refractivity contribution in [1.82, 2.24) is 19.4 Å². The zero-order valence-corrected chi connectivity index (χ0v) is 20.6. The highest BCUT2D eigenvalue weighted by Crippen LogP contribution is 2.47. The highest BCUT2D eigenvalue weighted by Gasteiger charge is 2.39. The molecule has 0 spiro atoms. The van der Waals surface area contributed by atoms with Gasteiger partial charge in [-0.15, -0.1) is 0 Å². The Labute approximate surface area is 220 Å². The average Bonchev–Trinajstić information content (AvgIpc) is 3.44. The molecule has 3 aliphatic rings. The lowest BCUT2D eigenvalue weighted by Crippen LogP contribution is -2.60. The van der Waals surface area contributed by atoms with Crippen molar-refractivity contribution in [3.8, 4) is 16.9 Å². The summed E-state index contributed by atoms with van der Waals surface area (Å²) in [5.41, 5.74) is 2.49. The molecule has 12 heteroatoms. The lowest BCUT2D eigenvalue weighted by molar-refractivity contribution is -0.0506. The summed E-state index contributed by atoms with van der Waals surface area (Å²) in [5, 5.41) is 10.8. The molecule has 9 nitrogen and oxygen atoms in total. The van der Waals surface area contributed by atoms with Gasteiger partial charge in [0.25, 0.3) is 0 Å². The van der Waals surface area contributed by atoms with E-state index in [0.717, 1.165) is 0 Å². The molecule has 1 aromatic carbocycles. The molecule has 2 fully saturated rings. The normalized spacial score (nSPS) is 24.4. The number of morpholine rings is 2. The molecule has 0 amide bonds. The SMILES string of the molecule is O[C@@H]1C[C@H](c2ccccc2OC(F)F)c2c1nc1cc(F)c(-c3cnc(N4C5COCC4COC5)nc3)cn21. The number of nitrogens with zero attached hydrogens (tertiary/aromatic N) is 5. The monoisotopic (exact) mass is 539 g/mol. The number of fused-ring (bicyclic) bond motifs is 5. The quantitative estimate of drug-likeness (QED) is 0.411. The molecule has 202 valence electrons. The molecule has 0 unspecified atom stereocenters. The van der Waals surface area contributed by atoms with Crippen molar-refractivity contribution in [3.05, 3.63) is 71.7 Å². The number of aromatic nitrogens is 4. The van der Waals surface area contributed by atoms with Gasteiger partial charge in [-0.05, 0) is 12.5 Å². The number of ether oxygens (including phenoxy) is 3. The number of aliphatic hydroxyl groups excluding tert-OH is 1. The molecule has 2 saturated heterocycles. The Morgan fingerprint density at radius 3 is 2.41 bits per heavy atom. The van der Waals surface area contributed by atoms with Crippen molar-refractivity contribution in [3.63, 3.8) is 0 Å². The largest absolute Gasteiger partial charge is 0.435 e. The smallest absolute Gasteiger partial charge is 0.387 e. The van der Waals surface area contributed by atoms with Crippen LogP contribution in [-0.4, -0.2) is 69.6 Å². The second-order valence-electron chi connectivity index (χ2n) is 9.93. The van der Waals surface area contributed by atoms with E-state index in [1.807, 2.05) is 0 Å². The van der Waals surface area contributed by atoms with Crippen molar-refractivity contribution in [2.45, 2.75) is 37.1 Å². The van der Waals surface area contributed by atoms with Gasteiger partial charge in [0, 0.05) is 47.3 Å². The number of imidazole rings is 1. The standard InChI is InChI=1S/C27H24F3N5O4/c28-20-6-23-33-24-21(36)5-18(17-3-1-2-4-22(17)39-26(29)30)25(24)34(23)9-19(20)14-7-31-27(32-8-14)35-15-10-37-12-16(35)13-38-11-15/h1-4,6-9,15-16,18,21,26,36H,5,10-13H2/t15?,16?,18-,21-/m1/s1. The van der Waals surface area contributed by atoms with Gasteiger partial charge >= 0.3 is 6.61 Å². The van der Waals surface area contributed by atoms with Crippen LogP contribution in [0.2, 0.25) is 0 Å². The molecule has 1 N–H and O–H groups in total. The van der Waals surface area contributed by atoms with Gasteiger partial charge in [-0.2, -0.15) is 8.78 Å². The third-order valence-electron chi connectivity index (χ3n) is 7.60. The Balaban J connectivity index is 1.27. The van der Waals surface area contributed by atoms with Gasteiger partial charge in [0.05, 0.1) is 56.0 Å². The van der Waals surface area contributed by atoms with Crippen LogP contribution in [0.4, 0.5) is 19.1 Å². The molecule has 39 heavy (non-hydrogen) atoms. The second-order valence-corrected chi connectivity index (χ2v) is 9.93. The van der Waals surface area contributed by atoms with Gasteiger partial charge in [-0.1, -0.05) is 18.2 Å². The van der Waals surface area contributed by atoms with Crippen LogP contribution in [0, 0.1) is 5.82 Å². The number of hydrogen-bond donors (Lipinski definition) is 1. The van der Waals surface area contributed by atoms with Crippen LogP contribution < -0.4 is 9.64 Å². The summed E-state index contributed by atoms with van der Waals surface area (Å²) >= 11 is 0. The predicted octanol–water partition coefficient (Wildman–Crippen LogP) is 3.70. The van der Waals surface area contributed by atoms with Gasteiger partial charge < -0.3 is 28.6 Å². The zero-order chi connectivity index (χ0) is 26.7. The molecule has 2 atom stereocenters. The van der Waals surface area contributed by atoms with E-state index in [2.05, 4.69) is 19.9 Å². The molecule has 0 radical (unpaired) electrons. The summed E-state index contributed by atoms with van der Waals surface area (Å²) in [6, 6.07) is 7.81. The first-order valence-electron chi connectivity index (χ1n) is 12.7. The summed E-state index contributed by atoms with van der Waals surface area (Å²) in [6.45, 7) is -0.893. The van der Waals surface area contributed by atoms with Crippen LogP contribution >= 0.6 is 0 Å². The molecule has 2 aliphatic heterocycles. The summed E-state index contributed by atoms with van der Waals surface area (Å²) < 4.78 is 59.2. The van der Waals surface area contributed by atoms with Gasteiger partial charge in [0.1, 0.15) is 17.2 Å². The average molecular weight is 540 g/mol. The number of halogens is 3. The Bertz CT molecular complexity index is 1510. The highest BCUT2D eigenvalue weighted by atomic mass is 19.3. The second kappa shape index (κ2) is 9.47. The lowest BCUT2D eigenvalue weighted by atomic mass is 9.95. The Hall–Kier alpha value is -3.74. The zero-order valence-electron chi connectivity index (χ0n) is 20.6. The molecule has 1 aliphatic carbocycles. The molecule has 7 rings (SSSR count).